The minimum atomic E-state index is -0.618. The minimum Gasteiger partial charge on any atom is -0.373 e. The highest BCUT2D eigenvalue weighted by molar-refractivity contribution is 5.75. The van der Waals surface area contributed by atoms with Crippen LogP contribution in [-0.2, 0) is 15.1 Å². The monoisotopic (exact) mass is 193 g/mol. The summed E-state index contributed by atoms with van der Waals surface area (Å²) in [5.41, 5.74) is 5.51. The van der Waals surface area contributed by atoms with Gasteiger partial charge in [-0.05, 0) is 12.5 Å². The molecule has 76 valence electrons. The molecular weight excluding hydrogens is 178 g/mol. The second-order valence-corrected chi connectivity index (χ2v) is 3.44. The van der Waals surface area contributed by atoms with E-state index in [4.69, 9.17) is 10.5 Å². The van der Waals surface area contributed by atoms with Crippen molar-refractivity contribution in [1.82, 2.24) is 0 Å². The quantitative estimate of drug-likeness (QED) is 0.786. The topological polar surface area (TPSA) is 52.3 Å². The summed E-state index contributed by atoms with van der Waals surface area (Å²) in [5, 5.41) is 0. The first-order valence-corrected chi connectivity index (χ1v) is 4.47. The molecule has 0 aliphatic heterocycles. The lowest BCUT2D eigenvalue weighted by molar-refractivity contribution is -0.124. The van der Waals surface area contributed by atoms with Crippen LogP contribution < -0.4 is 5.73 Å². The smallest absolute Gasteiger partial charge is 0.220 e. The van der Waals surface area contributed by atoms with E-state index in [1.165, 1.54) is 0 Å². The van der Waals surface area contributed by atoms with Crippen LogP contribution in [0.5, 0.6) is 0 Å². The molecule has 0 bridgehead atoms. The van der Waals surface area contributed by atoms with Crippen LogP contribution in [-0.4, -0.2) is 13.0 Å². The Balaban J connectivity index is 2.95. The molecule has 0 fully saturated rings. The van der Waals surface area contributed by atoms with E-state index >= 15 is 0 Å². The first-order valence-electron chi connectivity index (χ1n) is 4.47. The van der Waals surface area contributed by atoms with E-state index in [1.54, 1.807) is 7.11 Å². The third-order valence-electron chi connectivity index (χ3n) is 2.35. The fourth-order valence-electron chi connectivity index (χ4n) is 1.42. The highest BCUT2D eigenvalue weighted by atomic mass is 16.5. The SMILES string of the molecule is COC(C)(CC(N)=O)c1ccccc1. The van der Waals surface area contributed by atoms with Crippen LogP contribution in [0.25, 0.3) is 0 Å². The summed E-state index contributed by atoms with van der Waals surface area (Å²) in [7, 11) is 1.58. The molecule has 0 heterocycles. The fourth-order valence-corrected chi connectivity index (χ4v) is 1.42. The van der Waals surface area contributed by atoms with Crippen molar-refractivity contribution in [2.45, 2.75) is 18.9 Å². The Bertz CT molecular complexity index is 310. The maximum absolute atomic E-state index is 10.9. The lowest BCUT2D eigenvalue weighted by Gasteiger charge is -2.27. The van der Waals surface area contributed by atoms with Crippen LogP contribution in [0.3, 0.4) is 0 Å². The fraction of sp³-hybridized carbons (Fsp3) is 0.364. The minimum absolute atomic E-state index is 0.188. The average molecular weight is 193 g/mol. The number of hydrogen-bond acceptors (Lipinski definition) is 2. The second kappa shape index (κ2) is 4.24. The molecule has 1 amide bonds. The van der Waals surface area contributed by atoms with Crippen molar-refractivity contribution in [3.8, 4) is 0 Å². The van der Waals surface area contributed by atoms with Crippen LogP contribution in [0, 0.1) is 0 Å². The molecule has 0 spiro atoms. The van der Waals surface area contributed by atoms with E-state index < -0.39 is 5.60 Å². The third kappa shape index (κ3) is 2.33. The van der Waals surface area contributed by atoms with Gasteiger partial charge in [-0.1, -0.05) is 30.3 Å². The van der Waals surface area contributed by atoms with Gasteiger partial charge in [-0.3, -0.25) is 4.79 Å². The summed E-state index contributed by atoms with van der Waals surface area (Å²) in [6, 6.07) is 9.59. The highest BCUT2D eigenvalue weighted by Gasteiger charge is 2.27. The van der Waals surface area contributed by atoms with Gasteiger partial charge in [-0.15, -0.1) is 0 Å². The lowest BCUT2D eigenvalue weighted by Crippen LogP contribution is -2.30. The number of primary amides is 1. The van der Waals surface area contributed by atoms with Crippen molar-refractivity contribution in [3.05, 3.63) is 35.9 Å². The third-order valence-corrected chi connectivity index (χ3v) is 2.35. The van der Waals surface area contributed by atoms with Gasteiger partial charge >= 0.3 is 0 Å². The summed E-state index contributed by atoms with van der Waals surface area (Å²) in [6.07, 6.45) is 0.188. The van der Waals surface area contributed by atoms with Crippen LogP contribution in [0.4, 0.5) is 0 Å². The Morgan fingerprint density at radius 2 is 2.00 bits per heavy atom. The van der Waals surface area contributed by atoms with Gasteiger partial charge in [-0.25, -0.2) is 0 Å². The Morgan fingerprint density at radius 3 is 2.43 bits per heavy atom. The maximum atomic E-state index is 10.9. The number of nitrogens with two attached hydrogens (primary N) is 1. The zero-order valence-electron chi connectivity index (χ0n) is 8.49. The van der Waals surface area contributed by atoms with Gasteiger partial charge in [0.05, 0.1) is 12.0 Å². The van der Waals surface area contributed by atoms with Gasteiger partial charge < -0.3 is 10.5 Å². The van der Waals surface area contributed by atoms with Crippen molar-refractivity contribution >= 4 is 5.91 Å². The molecule has 0 aliphatic carbocycles. The summed E-state index contributed by atoms with van der Waals surface area (Å²) in [5.74, 6) is -0.363. The molecule has 3 heteroatoms. The largest absolute Gasteiger partial charge is 0.373 e. The van der Waals surface area contributed by atoms with Crippen molar-refractivity contribution in [2.24, 2.45) is 5.73 Å². The molecule has 0 aliphatic rings. The zero-order valence-corrected chi connectivity index (χ0v) is 8.49. The second-order valence-electron chi connectivity index (χ2n) is 3.44. The van der Waals surface area contributed by atoms with Crippen molar-refractivity contribution in [2.75, 3.05) is 7.11 Å². The van der Waals surface area contributed by atoms with Crippen molar-refractivity contribution in [3.63, 3.8) is 0 Å². The number of carbonyl (C=O) groups is 1. The van der Waals surface area contributed by atoms with E-state index in [0.717, 1.165) is 5.56 Å². The van der Waals surface area contributed by atoms with Crippen LogP contribution in [0.2, 0.25) is 0 Å². The predicted molar refractivity (Wildman–Crippen MR) is 54.6 cm³/mol. The van der Waals surface area contributed by atoms with Crippen LogP contribution in [0.1, 0.15) is 18.9 Å². The molecule has 0 aromatic heterocycles. The molecule has 1 unspecified atom stereocenters. The summed E-state index contributed by atoms with van der Waals surface area (Å²) in [4.78, 5) is 10.9. The Morgan fingerprint density at radius 1 is 1.43 bits per heavy atom. The van der Waals surface area contributed by atoms with Gasteiger partial charge in [0.25, 0.3) is 0 Å². The van der Waals surface area contributed by atoms with E-state index in [2.05, 4.69) is 0 Å². The number of rotatable bonds is 4. The number of amides is 1. The maximum Gasteiger partial charge on any atom is 0.220 e. The lowest BCUT2D eigenvalue weighted by atomic mass is 9.92. The van der Waals surface area contributed by atoms with Gasteiger partial charge in [0.15, 0.2) is 0 Å². The molecule has 0 saturated heterocycles. The number of hydrogen-bond donors (Lipinski definition) is 1. The Labute approximate surface area is 83.9 Å². The first-order chi connectivity index (χ1) is 6.58. The molecule has 1 aromatic rings. The Kier molecular flexibility index (Phi) is 3.25. The van der Waals surface area contributed by atoms with Gasteiger partial charge in [0, 0.05) is 7.11 Å². The zero-order chi connectivity index (χ0) is 10.6. The van der Waals surface area contributed by atoms with Gasteiger partial charge in [0.2, 0.25) is 5.91 Å². The molecular formula is C11H15NO2. The molecule has 1 atom stereocenters. The number of ether oxygens (including phenoxy) is 1. The van der Waals surface area contributed by atoms with Crippen LogP contribution in [0.15, 0.2) is 30.3 Å². The molecule has 0 radical (unpaired) electrons. The standard InChI is InChI=1S/C11H15NO2/c1-11(14-2,8-10(12)13)9-6-4-3-5-7-9/h3-7H,8H2,1-2H3,(H2,12,13). The summed E-state index contributed by atoms with van der Waals surface area (Å²) >= 11 is 0. The number of benzene rings is 1. The predicted octanol–water partition coefficient (Wildman–Crippen LogP) is 1.42. The van der Waals surface area contributed by atoms with Crippen molar-refractivity contribution in [1.29, 1.82) is 0 Å². The molecule has 0 saturated carbocycles. The average Bonchev–Trinajstić information content (AvgIpc) is 2.18. The molecule has 1 rings (SSSR count). The summed E-state index contributed by atoms with van der Waals surface area (Å²) < 4.78 is 5.33. The molecule has 3 nitrogen and oxygen atoms in total. The number of carbonyl (C=O) groups excluding carboxylic acids is 1. The highest BCUT2D eigenvalue weighted by Crippen LogP contribution is 2.27. The van der Waals surface area contributed by atoms with Crippen molar-refractivity contribution < 1.29 is 9.53 Å². The first kappa shape index (κ1) is 10.7. The summed E-state index contributed by atoms with van der Waals surface area (Å²) in [6.45, 7) is 1.85. The van der Waals surface area contributed by atoms with Gasteiger partial charge in [0.1, 0.15) is 0 Å². The van der Waals surface area contributed by atoms with E-state index in [0.29, 0.717) is 0 Å². The molecule has 2 N–H and O–H groups in total. The van der Waals surface area contributed by atoms with E-state index in [-0.39, 0.29) is 12.3 Å². The molecule has 14 heavy (non-hydrogen) atoms. The normalized spacial score (nSPS) is 14.7. The Hall–Kier alpha value is -1.35. The van der Waals surface area contributed by atoms with E-state index in [9.17, 15) is 4.79 Å². The van der Waals surface area contributed by atoms with Crippen LogP contribution >= 0.6 is 0 Å². The number of methoxy groups -OCH3 is 1. The van der Waals surface area contributed by atoms with E-state index in [1.807, 2.05) is 37.3 Å². The van der Waals surface area contributed by atoms with Gasteiger partial charge in [-0.2, -0.15) is 0 Å². The molecule has 1 aromatic carbocycles.